The number of piperidine rings is 1. The highest BCUT2D eigenvalue weighted by atomic mass is 16.2. The van der Waals surface area contributed by atoms with Crippen LogP contribution in [-0.2, 0) is 13.2 Å². The first kappa shape index (κ1) is 18.2. The molecule has 0 spiro atoms. The second kappa shape index (κ2) is 7.88. The van der Waals surface area contributed by atoms with Crippen LogP contribution in [0.25, 0.3) is 11.1 Å². The van der Waals surface area contributed by atoms with E-state index in [0.29, 0.717) is 5.92 Å². The fraction of sp³-hybridized carbons (Fsp3) is 0.320. The number of carbonyl (C=O) groups is 1. The molecule has 1 aromatic heterocycles. The van der Waals surface area contributed by atoms with Crippen molar-refractivity contribution in [2.75, 3.05) is 19.6 Å². The average molecular weight is 386 g/mol. The molecule has 1 fully saturated rings. The lowest BCUT2D eigenvalue weighted by atomic mass is 9.96. The van der Waals surface area contributed by atoms with Crippen molar-refractivity contribution in [2.24, 2.45) is 5.92 Å². The Morgan fingerprint density at radius 1 is 0.862 bits per heavy atom. The van der Waals surface area contributed by atoms with Crippen molar-refractivity contribution in [3.8, 4) is 11.1 Å². The molecule has 1 saturated heterocycles. The Morgan fingerprint density at radius 3 is 2.41 bits per heavy atom. The molecule has 2 aromatic carbocycles. The highest BCUT2D eigenvalue weighted by Gasteiger charge is 2.30. The monoisotopic (exact) mass is 385 g/mol. The topological polar surface area (TPSA) is 28.5 Å². The standard InChI is InChI=1S/C25H27N3O/c29-25-24-9-5-4-8-23(24)18-28(25)16-20-10-13-26(14-11-20)19-27-15-12-22(17-27)21-6-2-1-3-7-21/h1-9,12,15,17,20H,10-11,13-14,16,18-19H2. The van der Waals surface area contributed by atoms with E-state index in [2.05, 4.69) is 64.3 Å². The number of carbonyl (C=O) groups excluding carboxylic acids is 1. The Balaban J connectivity index is 1.13. The fourth-order valence-corrected chi connectivity index (χ4v) is 4.65. The van der Waals surface area contributed by atoms with Gasteiger partial charge in [0, 0.05) is 44.1 Å². The number of benzene rings is 2. The maximum atomic E-state index is 12.6. The van der Waals surface area contributed by atoms with Crippen molar-refractivity contribution < 1.29 is 4.79 Å². The zero-order valence-electron chi connectivity index (χ0n) is 16.7. The van der Waals surface area contributed by atoms with Crippen LogP contribution in [0.1, 0.15) is 28.8 Å². The molecular weight excluding hydrogens is 358 g/mol. The molecule has 2 aliphatic rings. The summed E-state index contributed by atoms with van der Waals surface area (Å²) >= 11 is 0. The van der Waals surface area contributed by atoms with Crippen molar-refractivity contribution in [1.82, 2.24) is 14.4 Å². The van der Waals surface area contributed by atoms with Crippen LogP contribution in [-0.4, -0.2) is 39.9 Å². The van der Waals surface area contributed by atoms with Gasteiger partial charge in [-0.2, -0.15) is 0 Å². The third-order valence-electron chi connectivity index (χ3n) is 6.30. The second-order valence-electron chi connectivity index (χ2n) is 8.33. The molecule has 4 nitrogen and oxygen atoms in total. The summed E-state index contributed by atoms with van der Waals surface area (Å²) in [5, 5.41) is 0. The van der Waals surface area contributed by atoms with Crippen LogP contribution in [0.5, 0.6) is 0 Å². The normalized spacial score (nSPS) is 17.7. The summed E-state index contributed by atoms with van der Waals surface area (Å²) in [6, 6.07) is 20.8. The van der Waals surface area contributed by atoms with Gasteiger partial charge in [-0.25, -0.2) is 0 Å². The van der Waals surface area contributed by atoms with Crippen molar-refractivity contribution in [1.29, 1.82) is 0 Å². The minimum atomic E-state index is 0.212. The number of fused-ring (bicyclic) bond motifs is 1. The summed E-state index contributed by atoms with van der Waals surface area (Å²) in [4.78, 5) is 17.2. The highest BCUT2D eigenvalue weighted by molar-refractivity contribution is 5.98. The molecule has 1 amide bonds. The van der Waals surface area contributed by atoms with Crippen LogP contribution in [0.2, 0.25) is 0 Å². The summed E-state index contributed by atoms with van der Waals surface area (Å²) in [6.45, 7) is 4.80. The van der Waals surface area contributed by atoms with Crippen LogP contribution in [0.15, 0.2) is 73.1 Å². The van der Waals surface area contributed by atoms with E-state index in [1.54, 1.807) is 0 Å². The molecule has 0 saturated carbocycles. The van der Waals surface area contributed by atoms with Gasteiger partial charge >= 0.3 is 0 Å². The number of aromatic nitrogens is 1. The molecule has 0 unspecified atom stereocenters. The molecule has 3 heterocycles. The van der Waals surface area contributed by atoms with E-state index >= 15 is 0 Å². The maximum Gasteiger partial charge on any atom is 0.254 e. The van der Waals surface area contributed by atoms with Gasteiger partial charge in [-0.15, -0.1) is 0 Å². The Labute approximate surface area is 172 Å². The largest absolute Gasteiger partial charge is 0.340 e. The van der Waals surface area contributed by atoms with E-state index in [9.17, 15) is 4.79 Å². The van der Waals surface area contributed by atoms with Gasteiger partial charge in [0.25, 0.3) is 5.91 Å². The van der Waals surface area contributed by atoms with E-state index in [4.69, 9.17) is 0 Å². The van der Waals surface area contributed by atoms with Gasteiger partial charge in [0.15, 0.2) is 0 Å². The Morgan fingerprint density at radius 2 is 1.62 bits per heavy atom. The quantitative estimate of drug-likeness (QED) is 0.648. The number of hydrogen-bond donors (Lipinski definition) is 0. The molecule has 0 bridgehead atoms. The number of likely N-dealkylation sites (tertiary alicyclic amines) is 1. The molecule has 5 rings (SSSR count). The molecule has 148 valence electrons. The van der Waals surface area contributed by atoms with Gasteiger partial charge in [0.05, 0.1) is 6.67 Å². The van der Waals surface area contributed by atoms with Crippen molar-refractivity contribution in [2.45, 2.75) is 26.1 Å². The van der Waals surface area contributed by atoms with E-state index in [0.717, 1.165) is 51.3 Å². The predicted molar refractivity (Wildman–Crippen MR) is 115 cm³/mol. The Hall–Kier alpha value is -2.85. The van der Waals surface area contributed by atoms with Crippen LogP contribution >= 0.6 is 0 Å². The zero-order chi connectivity index (χ0) is 19.6. The van der Waals surface area contributed by atoms with Crippen molar-refractivity contribution in [3.05, 3.63) is 84.2 Å². The summed E-state index contributed by atoms with van der Waals surface area (Å²) in [5.41, 5.74) is 4.61. The molecule has 0 atom stereocenters. The molecule has 29 heavy (non-hydrogen) atoms. The molecule has 2 aliphatic heterocycles. The molecule has 4 heteroatoms. The lowest BCUT2D eigenvalue weighted by molar-refractivity contribution is 0.0699. The third kappa shape index (κ3) is 3.85. The Bertz CT molecular complexity index is 986. The van der Waals surface area contributed by atoms with Crippen LogP contribution in [0.4, 0.5) is 0 Å². The zero-order valence-corrected chi connectivity index (χ0v) is 16.7. The predicted octanol–water partition coefficient (Wildman–Crippen LogP) is 4.48. The minimum absolute atomic E-state index is 0.212. The van der Waals surface area contributed by atoms with Crippen LogP contribution in [0, 0.1) is 5.92 Å². The molecular formula is C25H27N3O. The smallest absolute Gasteiger partial charge is 0.254 e. The first-order chi connectivity index (χ1) is 14.3. The lowest BCUT2D eigenvalue weighted by Crippen LogP contribution is -2.39. The van der Waals surface area contributed by atoms with Gasteiger partial charge in [0.2, 0.25) is 0 Å². The van der Waals surface area contributed by atoms with Crippen molar-refractivity contribution in [3.63, 3.8) is 0 Å². The number of nitrogens with zero attached hydrogens (tertiary/aromatic N) is 3. The van der Waals surface area contributed by atoms with Gasteiger partial charge in [-0.1, -0.05) is 48.5 Å². The highest BCUT2D eigenvalue weighted by Crippen LogP contribution is 2.27. The molecule has 3 aromatic rings. The lowest BCUT2D eigenvalue weighted by Gasteiger charge is -2.34. The van der Waals surface area contributed by atoms with Gasteiger partial charge in [0.1, 0.15) is 0 Å². The first-order valence-corrected chi connectivity index (χ1v) is 10.6. The fourth-order valence-electron chi connectivity index (χ4n) is 4.65. The average Bonchev–Trinajstić information content (AvgIpc) is 3.35. The van der Waals surface area contributed by atoms with E-state index in [1.807, 2.05) is 23.1 Å². The summed E-state index contributed by atoms with van der Waals surface area (Å²) in [7, 11) is 0. The van der Waals surface area contributed by atoms with E-state index < -0.39 is 0 Å². The van der Waals surface area contributed by atoms with Crippen LogP contribution in [0.3, 0.4) is 0 Å². The van der Waals surface area contributed by atoms with Gasteiger partial charge < -0.3 is 9.47 Å². The minimum Gasteiger partial charge on any atom is -0.340 e. The van der Waals surface area contributed by atoms with E-state index in [-0.39, 0.29) is 5.91 Å². The second-order valence-corrected chi connectivity index (χ2v) is 8.33. The van der Waals surface area contributed by atoms with E-state index in [1.165, 1.54) is 16.7 Å². The molecule has 0 aliphatic carbocycles. The van der Waals surface area contributed by atoms with Crippen molar-refractivity contribution >= 4 is 5.91 Å². The number of rotatable bonds is 5. The van der Waals surface area contributed by atoms with Crippen LogP contribution < -0.4 is 0 Å². The number of amides is 1. The number of hydrogen-bond acceptors (Lipinski definition) is 2. The summed E-state index contributed by atoms with van der Waals surface area (Å²) in [5.74, 6) is 0.817. The SMILES string of the molecule is O=C1c2ccccc2CN1CC1CCN(Cn2ccc(-c3ccccc3)c2)CC1. The third-order valence-corrected chi connectivity index (χ3v) is 6.30. The summed E-state index contributed by atoms with van der Waals surface area (Å²) in [6.07, 6.45) is 6.73. The van der Waals surface area contributed by atoms with Gasteiger partial charge in [-0.3, -0.25) is 9.69 Å². The Kier molecular flexibility index (Phi) is 4.94. The molecule has 0 N–H and O–H groups in total. The molecule has 0 radical (unpaired) electrons. The first-order valence-electron chi connectivity index (χ1n) is 10.6. The summed E-state index contributed by atoms with van der Waals surface area (Å²) < 4.78 is 2.28. The maximum absolute atomic E-state index is 12.6. The van der Waals surface area contributed by atoms with Gasteiger partial charge in [-0.05, 0) is 47.6 Å².